The number of amides is 1. The molecule has 2 aliphatic carbocycles. The molecule has 2 unspecified atom stereocenters. The highest BCUT2D eigenvalue weighted by molar-refractivity contribution is 6.07. The van der Waals surface area contributed by atoms with Crippen molar-refractivity contribution in [2.75, 3.05) is 14.2 Å². The van der Waals surface area contributed by atoms with Gasteiger partial charge in [0.2, 0.25) is 5.91 Å². The van der Waals surface area contributed by atoms with Gasteiger partial charge in [-0.15, -0.1) is 0 Å². The van der Waals surface area contributed by atoms with E-state index in [4.69, 9.17) is 14.6 Å². The van der Waals surface area contributed by atoms with Crippen LogP contribution in [0.5, 0.6) is 11.5 Å². The van der Waals surface area contributed by atoms with Crippen molar-refractivity contribution in [1.29, 1.82) is 0 Å². The largest absolute Gasteiger partial charge is 0.493 e. The maximum Gasteiger partial charge on any atom is 0.247 e. The van der Waals surface area contributed by atoms with Crippen LogP contribution in [0.15, 0.2) is 35.5 Å². The van der Waals surface area contributed by atoms with Crippen LogP contribution < -0.4 is 9.47 Å². The van der Waals surface area contributed by atoms with E-state index in [0.717, 1.165) is 37.0 Å². The Morgan fingerprint density at radius 2 is 1.67 bits per heavy atom. The average molecular weight is 368 g/mol. The molecule has 0 saturated heterocycles. The highest BCUT2D eigenvalue weighted by Gasteiger charge is 2.42. The van der Waals surface area contributed by atoms with Crippen molar-refractivity contribution in [3.05, 3.63) is 35.9 Å². The van der Waals surface area contributed by atoms with Crippen molar-refractivity contribution in [2.24, 2.45) is 16.9 Å². The summed E-state index contributed by atoms with van der Waals surface area (Å²) in [7, 11) is 3.29. The van der Waals surface area contributed by atoms with Gasteiger partial charge < -0.3 is 9.47 Å². The lowest BCUT2D eigenvalue weighted by atomic mass is 9.76. The fraction of sp³-hybridized carbons (Fsp3) is 0.545. The lowest BCUT2D eigenvalue weighted by molar-refractivity contribution is -0.141. The van der Waals surface area contributed by atoms with Crippen LogP contribution in [0.25, 0.3) is 0 Å². The third-order valence-corrected chi connectivity index (χ3v) is 6.14. The van der Waals surface area contributed by atoms with Crippen LogP contribution in [0.4, 0.5) is 0 Å². The summed E-state index contributed by atoms with van der Waals surface area (Å²) in [4.78, 5) is 13.2. The number of hydrogen-bond donors (Lipinski definition) is 0. The van der Waals surface area contributed by atoms with E-state index in [0.29, 0.717) is 11.5 Å². The Morgan fingerprint density at radius 1 is 0.963 bits per heavy atom. The third-order valence-electron chi connectivity index (χ3n) is 6.14. The van der Waals surface area contributed by atoms with E-state index in [1.165, 1.54) is 19.3 Å². The van der Waals surface area contributed by atoms with E-state index in [2.05, 4.69) is 12.2 Å². The summed E-state index contributed by atoms with van der Waals surface area (Å²) in [6.45, 7) is 0. The molecule has 1 saturated carbocycles. The SMILES string of the molecule is COc1ccc(C2=NN(C3CCCCC3)C(=O)C3CC=CCC23)cc1OC. The first-order chi connectivity index (χ1) is 13.2. The second-order valence-electron chi connectivity index (χ2n) is 7.69. The molecule has 5 nitrogen and oxygen atoms in total. The van der Waals surface area contributed by atoms with Crippen molar-refractivity contribution < 1.29 is 14.3 Å². The van der Waals surface area contributed by atoms with E-state index in [1.54, 1.807) is 14.2 Å². The average Bonchev–Trinajstić information content (AvgIpc) is 2.74. The number of rotatable bonds is 4. The predicted molar refractivity (Wildman–Crippen MR) is 105 cm³/mol. The first-order valence-electron chi connectivity index (χ1n) is 10.0. The van der Waals surface area contributed by atoms with Crippen LogP contribution in [0.3, 0.4) is 0 Å². The van der Waals surface area contributed by atoms with E-state index in [-0.39, 0.29) is 23.8 Å². The Kier molecular flexibility index (Phi) is 5.19. The maximum atomic E-state index is 13.2. The molecule has 2 atom stereocenters. The Balaban J connectivity index is 1.75. The van der Waals surface area contributed by atoms with Gasteiger partial charge in [0.15, 0.2) is 11.5 Å². The predicted octanol–water partition coefficient (Wildman–Crippen LogP) is 4.17. The Labute approximate surface area is 161 Å². The number of fused-ring (bicyclic) bond motifs is 1. The fourth-order valence-corrected chi connectivity index (χ4v) is 4.65. The Hall–Kier alpha value is -2.30. The quantitative estimate of drug-likeness (QED) is 0.750. The zero-order chi connectivity index (χ0) is 18.8. The van der Waals surface area contributed by atoms with Gasteiger partial charge >= 0.3 is 0 Å². The van der Waals surface area contributed by atoms with Crippen LogP contribution in [-0.2, 0) is 4.79 Å². The van der Waals surface area contributed by atoms with Gasteiger partial charge in [0, 0.05) is 11.5 Å². The monoisotopic (exact) mass is 368 g/mol. The molecule has 1 fully saturated rings. The number of benzene rings is 1. The van der Waals surface area contributed by atoms with Gasteiger partial charge in [-0.3, -0.25) is 4.79 Å². The van der Waals surface area contributed by atoms with Gasteiger partial charge in [-0.1, -0.05) is 31.4 Å². The normalized spacial score (nSPS) is 25.8. The smallest absolute Gasteiger partial charge is 0.247 e. The van der Waals surface area contributed by atoms with Crippen LogP contribution >= 0.6 is 0 Å². The van der Waals surface area contributed by atoms with Crippen molar-refractivity contribution in [3.63, 3.8) is 0 Å². The molecule has 4 rings (SSSR count). The summed E-state index contributed by atoms with van der Waals surface area (Å²) in [5.74, 6) is 1.75. The molecule has 5 heteroatoms. The molecule has 27 heavy (non-hydrogen) atoms. The lowest BCUT2D eigenvalue weighted by Crippen LogP contribution is -2.49. The second-order valence-corrected chi connectivity index (χ2v) is 7.69. The molecule has 0 aromatic heterocycles. The molecule has 0 N–H and O–H groups in total. The number of hydrazone groups is 1. The molecule has 0 spiro atoms. The standard InChI is InChI=1S/C22H28N2O3/c1-26-19-13-12-15(14-20(19)27-2)21-17-10-6-7-11-18(17)22(25)24(23-21)16-8-4-3-5-9-16/h6-7,12-14,16-18H,3-5,8-11H2,1-2H3. The zero-order valence-electron chi connectivity index (χ0n) is 16.2. The summed E-state index contributed by atoms with van der Waals surface area (Å²) in [6, 6.07) is 6.19. The number of carbonyl (C=O) groups excluding carboxylic acids is 1. The van der Waals surface area contributed by atoms with Gasteiger partial charge in [-0.2, -0.15) is 5.10 Å². The zero-order valence-corrected chi connectivity index (χ0v) is 16.2. The van der Waals surface area contributed by atoms with Crippen LogP contribution in [-0.4, -0.2) is 36.9 Å². The molecule has 0 radical (unpaired) electrons. The maximum absolute atomic E-state index is 13.2. The number of allylic oxidation sites excluding steroid dienone is 2. The molecular formula is C22H28N2O3. The molecule has 1 aliphatic heterocycles. The van der Waals surface area contributed by atoms with E-state index in [1.807, 2.05) is 23.2 Å². The molecule has 1 aromatic rings. The Bertz CT molecular complexity index is 765. The van der Waals surface area contributed by atoms with Crippen LogP contribution in [0.2, 0.25) is 0 Å². The van der Waals surface area contributed by atoms with Crippen LogP contribution in [0, 0.1) is 11.8 Å². The minimum absolute atomic E-state index is 0.00229. The van der Waals surface area contributed by atoms with Gasteiger partial charge in [0.25, 0.3) is 0 Å². The molecule has 1 aromatic carbocycles. The van der Waals surface area contributed by atoms with E-state index in [9.17, 15) is 4.79 Å². The summed E-state index contributed by atoms with van der Waals surface area (Å²) in [5, 5.41) is 6.77. The molecule has 1 heterocycles. The number of carbonyl (C=O) groups is 1. The van der Waals surface area contributed by atoms with Crippen molar-refractivity contribution in [3.8, 4) is 11.5 Å². The Morgan fingerprint density at radius 3 is 2.37 bits per heavy atom. The van der Waals surface area contributed by atoms with Gasteiger partial charge in [0.05, 0.1) is 31.9 Å². The minimum Gasteiger partial charge on any atom is -0.493 e. The third kappa shape index (κ3) is 3.35. The minimum atomic E-state index is -0.00229. The first kappa shape index (κ1) is 18.1. The van der Waals surface area contributed by atoms with Gasteiger partial charge in [-0.05, 0) is 43.9 Å². The van der Waals surface area contributed by atoms with Crippen LogP contribution in [0.1, 0.15) is 50.5 Å². The van der Waals surface area contributed by atoms with E-state index < -0.39 is 0 Å². The van der Waals surface area contributed by atoms with Crippen molar-refractivity contribution in [1.82, 2.24) is 5.01 Å². The summed E-state index contributed by atoms with van der Waals surface area (Å²) < 4.78 is 10.9. The summed E-state index contributed by atoms with van der Waals surface area (Å²) >= 11 is 0. The van der Waals surface area contributed by atoms with Crippen molar-refractivity contribution >= 4 is 11.6 Å². The number of hydrogen-bond acceptors (Lipinski definition) is 4. The van der Waals surface area contributed by atoms with Crippen molar-refractivity contribution in [2.45, 2.75) is 51.0 Å². The molecule has 1 amide bonds. The topological polar surface area (TPSA) is 51.1 Å². The summed E-state index contributed by atoms with van der Waals surface area (Å²) in [6.07, 6.45) is 11.7. The molecule has 144 valence electrons. The molecule has 3 aliphatic rings. The number of ether oxygens (including phenoxy) is 2. The van der Waals surface area contributed by atoms with E-state index >= 15 is 0 Å². The second kappa shape index (κ2) is 7.75. The highest BCUT2D eigenvalue weighted by Crippen LogP contribution is 2.38. The highest BCUT2D eigenvalue weighted by atomic mass is 16.5. The number of nitrogens with zero attached hydrogens (tertiary/aromatic N) is 2. The van der Waals surface area contributed by atoms with Gasteiger partial charge in [0.1, 0.15) is 0 Å². The fourth-order valence-electron chi connectivity index (χ4n) is 4.65. The first-order valence-corrected chi connectivity index (χ1v) is 10.0. The molecule has 0 bridgehead atoms. The molecular weight excluding hydrogens is 340 g/mol. The summed E-state index contributed by atoms with van der Waals surface area (Å²) in [5.41, 5.74) is 2.03. The lowest BCUT2D eigenvalue weighted by Gasteiger charge is -2.41. The van der Waals surface area contributed by atoms with Gasteiger partial charge in [-0.25, -0.2) is 5.01 Å². The number of methoxy groups -OCH3 is 2.